The summed E-state index contributed by atoms with van der Waals surface area (Å²) in [6.45, 7) is 6.00. The van der Waals surface area contributed by atoms with Gasteiger partial charge >= 0.3 is 0 Å². The number of benzene rings is 1. The van der Waals surface area contributed by atoms with Crippen LogP contribution in [0, 0.1) is 20.8 Å². The number of nitrogens with one attached hydrogen (secondary N) is 1. The highest BCUT2D eigenvalue weighted by molar-refractivity contribution is 7.17. The van der Waals surface area contributed by atoms with Crippen LogP contribution in [0.4, 0.5) is 0 Å². The van der Waals surface area contributed by atoms with Gasteiger partial charge in [-0.15, -0.1) is 11.3 Å². The van der Waals surface area contributed by atoms with E-state index < -0.39 is 0 Å². The lowest BCUT2D eigenvalue weighted by Gasteiger charge is -2.07. The molecule has 29 heavy (non-hydrogen) atoms. The van der Waals surface area contributed by atoms with E-state index in [1.54, 1.807) is 21.1 Å². The van der Waals surface area contributed by atoms with E-state index in [2.05, 4.69) is 15.4 Å². The van der Waals surface area contributed by atoms with Crippen molar-refractivity contribution in [1.82, 2.24) is 20.1 Å². The highest BCUT2D eigenvalue weighted by Crippen LogP contribution is 2.28. The van der Waals surface area contributed by atoms with E-state index in [-0.39, 0.29) is 11.5 Å². The number of aromatic nitrogens is 3. The van der Waals surface area contributed by atoms with Crippen LogP contribution < -0.4 is 15.6 Å². The lowest BCUT2D eigenvalue weighted by Crippen LogP contribution is -2.25. The van der Waals surface area contributed by atoms with Gasteiger partial charge in [0.15, 0.2) is 0 Å². The van der Waals surface area contributed by atoms with E-state index in [9.17, 15) is 9.59 Å². The zero-order valence-corrected chi connectivity index (χ0v) is 18.0. The average Bonchev–Trinajstić information content (AvgIpc) is 3.08. The number of ether oxygens (including phenoxy) is 1. The summed E-state index contributed by atoms with van der Waals surface area (Å²) in [7, 11) is 3.25. The Labute approximate surface area is 173 Å². The van der Waals surface area contributed by atoms with Crippen molar-refractivity contribution < 1.29 is 9.53 Å². The number of thiazole rings is 1. The normalized spacial score (nSPS) is 10.8. The quantitative estimate of drug-likeness (QED) is 0.673. The lowest BCUT2D eigenvalue weighted by molar-refractivity contribution is 0.0957. The highest BCUT2D eigenvalue weighted by atomic mass is 32.1. The van der Waals surface area contributed by atoms with Crippen molar-refractivity contribution in [3.63, 3.8) is 0 Å². The van der Waals surface area contributed by atoms with E-state index in [0.29, 0.717) is 34.1 Å². The van der Waals surface area contributed by atoms with Crippen LogP contribution in [0.1, 0.15) is 32.2 Å². The molecule has 0 bridgehead atoms. The highest BCUT2D eigenvalue weighted by Gasteiger charge is 2.20. The molecule has 2 aromatic heterocycles. The summed E-state index contributed by atoms with van der Waals surface area (Å²) in [6, 6.07) is 7.75. The van der Waals surface area contributed by atoms with Gasteiger partial charge in [0, 0.05) is 13.6 Å². The zero-order chi connectivity index (χ0) is 21.1. The minimum Gasteiger partial charge on any atom is -0.497 e. The molecule has 0 unspecified atom stereocenters. The molecular formula is C21H24N4O3S. The van der Waals surface area contributed by atoms with E-state index in [1.807, 2.05) is 38.1 Å². The topological polar surface area (TPSA) is 86.1 Å². The van der Waals surface area contributed by atoms with Gasteiger partial charge in [-0.05, 0) is 50.5 Å². The fourth-order valence-electron chi connectivity index (χ4n) is 3.01. The molecule has 0 fully saturated rings. The van der Waals surface area contributed by atoms with Crippen molar-refractivity contribution in [2.75, 3.05) is 13.7 Å². The predicted molar refractivity (Wildman–Crippen MR) is 114 cm³/mol. The van der Waals surface area contributed by atoms with Gasteiger partial charge in [0.05, 0.1) is 24.1 Å². The van der Waals surface area contributed by atoms with Crippen LogP contribution in [-0.2, 0) is 13.5 Å². The Kier molecular flexibility index (Phi) is 6.12. The maximum atomic E-state index is 12.6. The Morgan fingerprint density at radius 2 is 1.86 bits per heavy atom. The first-order valence-electron chi connectivity index (χ1n) is 9.25. The molecule has 1 amide bonds. The maximum absolute atomic E-state index is 12.6. The third-order valence-corrected chi connectivity index (χ3v) is 5.97. The SMILES string of the molecule is COc1ccc(CCNC(=O)c2sc(-c3c(C)c(C)nn(C)c3=O)nc2C)cc1. The summed E-state index contributed by atoms with van der Waals surface area (Å²) in [5.74, 6) is 0.624. The van der Waals surface area contributed by atoms with Crippen LogP contribution in [0.5, 0.6) is 5.75 Å². The Balaban J connectivity index is 1.75. The number of hydrogen-bond donors (Lipinski definition) is 1. The van der Waals surface area contributed by atoms with E-state index in [0.717, 1.165) is 22.6 Å². The van der Waals surface area contributed by atoms with Crippen molar-refractivity contribution in [3.8, 4) is 16.3 Å². The molecule has 0 saturated heterocycles. The summed E-state index contributed by atoms with van der Waals surface area (Å²) in [5.41, 5.74) is 3.56. The van der Waals surface area contributed by atoms with Crippen molar-refractivity contribution in [3.05, 3.63) is 62.0 Å². The first kappa shape index (κ1) is 20.7. The lowest BCUT2D eigenvalue weighted by atomic mass is 10.1. The van der Waals surface area contributed by atoms with Crippen molar-refractivity contribution in [2.45, 2.75) is 27.2 Å². The summed E-state index contributed by atoms with van der Waals surface area (Å²) < 4.78 is 6.46. The summed E-state index contributed by atoms with van der Waals surface area (Å²) in [5, 5.41) is 7.68. The Morgan fingerprint density at radius 3 is 2.52 bits per heavy atom. The Morgan fingerprint density at radius 1 is 1.17 bits per heavy atom. The Bertz CT molecular complexity index is 1100. The van der Waals surface area contributed by atoms with Gasteiger partial charge in [0.25, 0.3) is 11.5 Å². The molecule has 1 aromatic carbocycles. The average molecular weight is 413 g/mol. The molecule has 2 heterocycles. The van der Waals surface area contributed by atoms with Crippen LogP contribution in [-0.4, -0.2) is 34.3 Å². The van der Waals surface area contributed by atoms with Crippen LogP contribution in [0.15, 0.2) is 29.1 Å². The predicted octanol–water partition coefficient (Wildman–Crippen LogP) is 2.81. The van der Waals surface area contributed by atoms with Gasteiger partial charge in [0.1, 0.15) is 15.6 Å². The number of nitrogens with zero attached hydrogens (tertiary/aromatic N) is 3. The van der Waals surface area contributed by atoms with Crippen molar-refractivity contribution >= 4 is 17.2 Å². The minimum atomic E-state index is -0.215. The maximum Gasteiger partial charge on any atom is 0.277 e. The van der Waals surface area contributed by atoms with Crippen LogP contribution >= 0.6 is 11.3 Å². The number of amides is 1. The standard InChI is InChI=1S/C21H24N4O3S/c1-12-13(2)24-25(4)21(27)17(12)20-23-14(3)18(29-20)19(26)22-11-10-15-6-8-16(28-5)9-7-15/h6-9H,10-11H2,1-5H3,(H,22,26). The Hall–Kier alpha value is -3.00. The second-order valence-electron chi connectivity index (χ2n) is 6.80. The third-order valence-electron chi connectivity index (χ3n) is 4.80. The number of hydrogen-bond acceptors (Lipinski definition) is 6. The molecule has 0 saturated carbocycles. The van der Waals surface area contributed by atoms with E-state index in [1.165, 1.54) is 16.0 Å². The van der Waals surface area contributed by atoms with Crippen LogP contribution in [0.25, 0.3) is 10.6 Å². The summed E-state index contributed by atoms with van der Waals surface area (Å²) in [4.78, 5) is 30.2. The number of carbonyl (C=O) groups excluding carboxylic acids is 1. The first-order valence-corrected chi connectivity index (χ1v) is 10.1. The number of rotatable bonds is 6. The minimum absolute atomic E-state index is 0.181. The molecule has 0 aliphatic heterocycles. The van der Waals surface area contributed by atoms with Gasteiger partial charge in [-0.1, -0.05) is 12.1 Å². The van der Waals surface area contributed by atoms with Gasteiger partial charge in [0.2, 0.25) is 0 Å². The molecule has 3 rings (SSSR count). The smallest absolute Gasteiger partial charge is 0.277 e. The number of methoxy groups -OCH3 is 1. The van der Waals surface area contributed by atoms with Crippen LogP contribution in [0.2, 0.25) is 0 Å². The summed E-state index contributed by atoms with van der Waals surface area (Å²) in [6.07, 6.45) is 0.712. The van der Waals surface area contributed by atoms with Gasteiger partial charge in [-0.25, -0.2) is 9.67 Å². The van der Waals surface area contributed by atoms with E-state index in [4.69, 9.17) is 4.74 Å². The molecule has 0 spiro atoms. The van der Waals surface area contributed by atoms with Gasteiger partial charge in [-0.3, -0.25) is 9.59 Å². The van der Waals surface area contributed by atoms with Crippen molar-refractivity contribution in [2.24, 2.45) is 7.05 Å². The summed E-state index contributed by atoms with van der Waals surface area (Å²) >= 11 is 1.24. The molecule has 3 aromatic rings. The number of aryl methyl sites for hydroxylation is 3. The van der Waals surface area contributed by atoms with Crippen LogP contribution in [0.3, 0.4) is 0 Å². The fraction of sp³-hybridized carbons (Fsp3) is 0.333. The largest absolute Gasteiger partial charge is 0.497 e. The molecule has 0 aliphatic carbocycles. The molecule has 1 N–H and O–H groups in total. The monoisotopic (exact) mass is 412 g/mol. The number of carbonyl (C=O) groups is 1. The fourth-order valence-corrected chi connectivity index (χ4v) is 4.08. The molecule has 152 valence electrons. The third kappa shape index (κ3) is 4.37. The molecular weight excluding hydrogens is 388 g/mol. The van der Waals surface area contributed by atoms with Gasteiger partial charge in [-0.2, -0.15) is 5.10 Å². The van der Waals surface area contributed by atoms with Gasteiger partial charge < -0.3 is 10.1 Å². The van der Waals surface area contributed by atoms with E-state index >= 15 is 0 Å². The second kappa shape index (κ2) is 8.57. The first-order chi connectivity index (χ1) is 13.8. The molecule has 0 atom stereocenters. The molecule has 7 nitrogen and oxygen atoms in total. The zero-order valence-electron chi connectivity index (χ0n) is 17.2. The molecule has 0 aliphatic rings. The molecule has 0 radical (unpaired) electrons. The second-order valence-corrected chi connectivity index (χ2v) is 7.80. The van der Waals surface area contributed by atoms with Crippen molar-refractivity contribution in [1.29, 1.82) is 0 Å². The molecule has 8 heteroatoms.